The summed E-state index contributed by atoms with van der Waals surface area (Å²) >= 11 is 0. The van der Waals surface area contributed by atoms with Crippen LogP contribution in [0.5, 0.6) is 0 Å². The van der Waals surface area contributed by atoms with Crippen LogP contribution in [0.15, 0.2) is 243 Å². The number of fused-ring (bicyclic) bond motifs is 6. The summed E-state index contributed by atoms with van der Waals surface area (Å²) in [7, 11) is 0. The van der Waals surface area contributed by atoms with Crippen molar-refractivity contribution in [2.75, 3.05) is 0 Å². The molecule has 0 atom stereocenters. The van der Waals surface area contributed by atoms with Gasteiger partial charge in [-0.3, -0.25) is 0 Å². The average molecular weight is 789 g/mol. The topological polar surface area (TPSA) is 9.86 Å². The summed E-state index contributed by atoms with van der Waals surface area (Å²) in [6.45, 7) is 0. The molecule has 12 aromatic rings. The fourth-order valence-electron chi connectivity index (χ4n) is 9.55. The molecule has 2 heteroatoms. The monoisotopic (exact) mass is 788 g/mol. The first-order valence-corrected chi connectivity index (χ1v) is 21.3. The summed E-state index contributed by atoms with van der Waals surface area (Å²) in [6, 6.07) is 88.5. The second-order valence-corrected chi connectivity index (χ2v) is 16.1. The Morgan fingerprint density at radius 2 is 0.548 bits per heavy atom. The van der Waals surface area contributed by atoms with Crippen LogP contribution >= 0.6 is 0 Å². The van der Waals surface area contributed by atoms with Crippen molar-refractivity contribution in [3.05, 3.63) is 243 Å². The third-order valence-electron chi connectivity index (χ3n) is 12.5. The van der Waals surface area contributed by atoms with Gasteiger partial charge in [-0.2, -0.15) is 0 Å². The zero-order valence-electron chi connectivity index (χ0n) is 34.0. The molecule has 0 aliphatic heterocycles. The Balaban J connectivity index is 1.05. The highest BCUT2D eigenvalue weighted by atomic mass is 15.0. The van der Waals surface area contributed by atoms with Gasteiger partial charge in [0.1, 0.15) is 0 Å². The third kappa shape index (κ3) is 6.04. The van der Waals surface area contributed by atoms with E-state index in [1.165, 1.54) is 93.7 Å². The van der Waals surface area contributed by atoms with Crippen molar-refractivity contribution in [2.24, 2.45) is 0 Å². The maximum Gasteiger partial charge on any atom is 0.0541 e. The van der Waals surface area contributed by atoms with Crippen LogP contribution in [0, 0.1) is 0 Å². The molecule has 10 aromatic carbocycles. The molecule has 2 aromatic heterocycles. The number of rotatable bonds is 7. The molecule has 0 bridgehead atoms. The Morgan fingerprint density at radius 1 is 0.210 bits per heavy atom. The molecule has 0 unspecified atom stereocenters. The van der Waals surface area contributed by atoms with E-state index in [1.807, 2.05) is 0 Å². The first kappa shape index (κ1) is 35.7. The van der Waals surface area contributed by atoms with Gasteiger partial charge in [-0.25, -0.2) is 0 Å². The number of nitrogens with zero attached hydrogens (tertiary/aromatic N) is 2. The largest absolute Gasteiger partial charge is 0.309 e. The van der Waals surface area contributed by atoms with Gasteiger partial charge in [0.25, 0.3) is 0 Å². The van der Waals surface area contributed by atoms with Crippen LogP contribution in [0.1, 0.15) is 0 Å². The minimum Gasteiger partial charge on any atom is -0.309 e. The van der Waals surface area contributed by atoms with Gasteiger partial charge in [0.05, 0.1) is 27.8 Å². The number of hydrogen-bond acceptors (Lipinski definition) is 0. The molecule has 0 aliphatic carbocycles. The maximum atomic E-state index is 2.47. The molecule has 0 aliphatic rings. The van der Waals surface area contributed by atoms with E-state index in [2.05, 4.69) is 252 Å². The van der Waals surface area contributed by atoms with Gasteiger partial charge in [0.2, 0.25) is 0 Å². The van der Waals surface area contributed by atoms with Crippen molar-refractivity contribution in [3.63, 3.8) is 0 Å². The standard InChI is InChI=1S/C60H40N2/c1-5-16-41(17-6-1)45-28-32-57-52(37-45)53-38-46(42-18-7-2-8-19-42)29-33-58(53)61(57)50-25-15-24-49(36-50)51-26-13-14-27-56(51)62-59-34-30-47(43-20-9-3-10-21-43)39-54(59)55-40-48(31-35-60(55)62)44-22-11-4-12-23-44/h1-40H. The summed E-state index contributed by atoms with van der Waals surface area (Å²) in [5.41, 5.74) is 19.0. The van der Waals surface area contributed by atoms with Crippen LogP contribution in [-0.2, 0) is 0 Å². The Bertz CT molecular complexity index is 3400. The van der Waals surface area contributed by atoms with Crippen molar-refractivity contribution in [1.82, 2.24) is 9.13 Å². The molecule has 0 N–H and O–H groups in total. The predicted octanol–water partition coefficient (Wildman–Crippen LogP) is 16.2. The van der Waals surface area contributed by atoms with Gasteiger partial charge in [-0.05, 0) is 117 Å². The fourth-order valence-corrected chi connectivity index (χ4v) is 9.55. The van der Waals surface area contributed by atoms with E-state index in [0.717, 1.165) is 16.9 Å². The van der Waals surface area contributed by atoms with Crippen molar-refractivity contribution < 1.29 is 0 Å². The van der Waals surface area contributed by atoms with E-state index in [9.17, 15) is 0 Å². The van der Waals surface area contributed by atoms with Crippen molar-refractivity contribution >= 4 is 43.6 Å². The highest BCUT2D eigenvalue weighted by molar-refractivity contribution is 6.13. The normalized spacial score (nSPS) is 11.5. The van der Waals surface area contributed by atoms with Gasteiger partial charge in [0.15, 0.2) is 0 Å². The quantitative estimate of drug-likeness (QED) is 0.152. The average Bonchev–Trinajstić information content (AvgIpc) is 3.86. The summed E-state index contributed by atoms with van der Waals surface area (Å²) in [5.74, 6) is 0. The van der Waals surface area contributed by atoms with Crippen molar-refractivity contribution in [3.8, 4) is 67.0 Å². The zero-order valence-corrected chi connectivity index (χ0v) is 34.0. The minimum absolute atomic E-state index is 1.12. The Labute approximate surface area is 360 Å². The van der Waals surface area contributed by atoms with Crippen LogP contribution in [0.25, 0.3) is 111 Å². The summed E-state index contributed by atoms with van der Waals surface area (Å²) in [6.07, 6.45) is 0. The van der Waals surface area contributed by atoms with Crippen molar-refractivity contribution in [1.29, 1.82) is 0 Å². The Hall–Kier alpha value is -8.20. The molecule has 2 heterocycles. The van der Waals surface area contributed by atoms with Gasteiger partial charge in [-0.15, -0.1) is 0 Å². The number of aromatic nitrogens is 2. The molecule has 0 fully saturated rings. The van der Waals surface area contributed by atoms with Crippen LogP contribution in [0.2, 0.25) is 0 Å². The second-order valence-electron chi connectivity index (χ2n) is 16.1. The lowest BCUT2D eigenvalue weighted by Crippen LogP contribution is -1.98. The SMILES string of the molecule is c1ccc(-c2ccc3c(c2)c2cc(-c4ccccc4)ccc2n3-c2cccc(-c3ccccc3-n3c4ccc(-c5ccccc5)cc4c4cc(-c5ccccc5)ccc43)c2)cc1. The molecule has 0 saturated heterocycles. The van der Waals surface area contributed by atoms with Gasteiger partial charge >= 0.3 is 0 Å². The molecular weight excluding hydrogens is 749 g/mol. The van der Waals surface area contributed by atoms with Crippen LogP contribution in [-0.4, -0.2) is 9.13 Å². The highest BCUT2D eigenvalue weighted by Crippen LogP contribution is 2.42. The van der Waals surface area contributed by atoms with Gasteiger partial charge in [-0.1, -0.05) is 176 Å². The van der Waals surface area contributed by atoms with Crippen LogP contribution in [0.4, 0.5) is 0 Å². The third-order valence-corrected chi connectivity index (χ3v) is 12.5. The van der Waals surface area contributed by atoms with E-state index in [-0.39, 0.29) is 0 Å². The lowest BCUT2D eigenvalue weighted by molar-refractivity contribution is 1.17. The molecule has 0 radical (unpaired) electrons. The Kier molecular flexibility index (Phi) is 8.53. The number of benzene rings is 10. The second kappa shape index (κ2) is 14.8. The van der Waals surface area contributed by atoms with Gasteiger partial charge < -0.3 is 9.13 Å². The van der Waals surface area contributed by atoms with E-state index >= 15 is 0 Å². The Morgan fingerprint density at radius 3 is 0.952 bits per heavy atom. The van der Waals surface area contributed by atoms with E-state index in [1.54, 1.807) is 0 Å². The first-order valence-electron chi connectivity index (χ1n) is 21.3. The summed E-state index contributed by atoms with van der Waals surface area (Å²) in [4.78, 5) is 0. The first-order chi connectivity index (χ1) is 30.7. The summed E-state index contributed by atoms with van der Waals surface area (Å²) < 4.78 is 4.91. The number of hydrogen-bond donors (Lipinski definition) is 0. The predicted molar refractivity (Wildman–Crippen MR) is 262 cm³/mol. The lowest BCUT2D eigenvalue weighted by atomic mass is 10.0. The molecular formula is C60H40N2. The summed E-state index contributed by atoms with van der Waals surface area (Å²) in [5, 5.41) is 4.94. The smallest absolute Gasteiger partial charge is 0.0541 e. The maximum absolute atomic E-state index is 2.47. The van der Waals surface area contributed by atoms with Crippen molar-refractivity contribution in [2.45, 2.75) is 0 Å². The van der Waals surface area contributed by atoms with E-state index in [0.29, 0.717) is 0 Å². The highest BCUT2D eigenvalue weighted by Gasteiger charge is 2.19. The molecule has 62 heavy (non-hydrogen) atoms. The van der Waals surface area contributed by atoms with Gasteiger partial charge in [0, 0.05) is 32.8 Å². The van der Waals surface area contributed by atoms with Crippen LogP contribution < -0.4 is 0 Å². The van der Waals surface area contributed by atoms with E-state index in [4.69, 9.17) is 0 Å². The fraction of sp³-hybridized carbons (Fsp3) is 0. The van der Waals surface area contributed by atoms with Crippen LogP contribution in [0.3, 0.4) is 0 Å². The molecule has 2 nitrogen and oxygen atoms in total. The minimum atomic E-state index is 1.12. The molecule has 290 valence electrons. The lowest BCUT2D eigenvalue weighted by Gasteiger charge is -2.16. The molecule has 0 amide bonds. The zero-order chi connectivity index (χ0) is 41.0. The van der Waals surface area contributed by atoms with E-state index < -0.39 is 0 Å². The molecule has 0 spiro atoms. The molecule has 0 saturated carbocycles. The number of para-hydroxylation sites is 1. The molecule has 12 rings (SSSR count).